The van der Waals surface area contributed by atoms with E-state index >= 15 is 0 Å². The number of nitrogens with one attached hydrogen (secondary N) is 2. The molecule has 0 aliphatic heterocycles. The van der Waals surface area contributed by atoms with Gasteiger partial charge in [-0.3, -0.25) is 0 Å². The van der Waals surface area contributed by atoms with Gasteiger partial charge < -0.3 is 10.7 Å². The summed E-state index contributed by atoms with van der Waals surface area (Å²) >= 11 is 0. The lowest BCUT2D eigenvalue weighted by Gasteiger charge is -2.18. The second-order valence-corrected chi connectivity index (χ2v) is 5.96. The summed E-state index contributed by atoms with van der Waals surface area (Å²) in [5.74, 6) is 9.10. The second-order valence-electron chi connectivity index (χ2n) is 5.96. The van der Waals surface area contributed by atoms with Crippen molar-refractivity contribution in [2.75, 3.05) is 10.7 Å². The molecule has 1 aromatic rings. The third-order valence-corrected chi connectivity index (χ3v) is 3.85. The van der Waals surface area contributed by atoms with Crippen LogP contribution in [0.5, 0.6) is 0 Å². The molecule has 106 valence electrons. The average molecular weight is 263 g/mol. The molecule has 0 spiro atoms. The van der Waals surface area contributed by atoms with Crippen LogP contribution in [0.15, 0.2) is 0 Å². The van der Waals surface area contributed by atoms with Crippen molar-refractivity contribution >= 4 is 11.6 Å². The summed E-state index contributed by atoms with van der Waals surface area (Å²) in [6, 6.07) is 0.522. The van der Waals surface area contributed by atoms with Crippen molar-refractivity contribution in [3.05, 3.63) is 11.4 Å². The molecule has 1 aliphatic carbocycles. The molecule has 0 radical (unpaired) electrons. The van der Waals surface area contributed by atoms with Crippen molar-refractivity contribution < 1.29 is 0 Å². The highest BCUT2D eigenvalue weighted by Crippen LogP contribution is 2.29. The van der Waals surface area contributed by atoms with Crippen LogP contribution >= 0.6 is 0 Å². The van der Waals surface area contributed by atoms with Gasteiger partial charge in [0.25, 0.3) is 0 Å². The first kappa shape index (κ1) is 14.1. The largest absolute Gasteiger partial charge is 0.367 e. The van der Waals surface area contributed by atoms with Crippen molar-refractivity contribution in [1.82, 2.24) is 9.97 Å². The van der Waals surface area contributed by atoms with E-state index in [0.717, 1.165) is 23.1 Å². The van der Waals surface area contributed by atoms with Crippen molar-refractivity contribution in [2.45, 2.75) is 58.9 Å². The first-order valence-electron chi connectivity index (χ1n) is 7.13. The molecule has 2 atom stereocenters. The third-order valence-electron chi connectivity index (χ3n) is 3.85. The van der Waals surface area contributed by atoms with E-state index in [1.165, 1.54) is 19.3 Å². The van der Waals surface area contributed by atoms with E-state index in [-0.39, 0.29) is 5.92 Å². The van der Waals surface area contributed by atoms with Gasteiger partial charge in [0.2, 0.25) is 0 Å². The van der Waals surface area contributed by atoms with E-state index in [1.807, 2.05) is 6.92 Å². The Bertz CT molecular complexity index is 444. The summed E-state index contributed by atoms with van der Waals surface area (Å²) in [4.78, 5) is 9.10. The summed E-state index contributed by atoms with van der Waals surface area (Å²) in [6.45, 7) is 8.49. The minimum absolute atomic E-state index is 0.288. The maximum atomic E-state index is 5.55. The van der Waals surface area contributed by atoms with Gasteiger partial charge in [-0.25, -0.2) is 15.8 Å². The zero-order chi connectivity index (χ0) is 14.0. The lowest BCUT2D eigenvalue weighted by molar-refractivity contribution is 0.602. The Morgan fingerprint density at radius 2 is 1.89 bits per heavy atom. The number of anilines is 2. The predicted octanol–water partition coefficient (Wildman–Crippen LogP) is 2.79. The van der Waals surface area contributed by atoms with E-state index in [0.29, 0.717) is 11.9 Å². The molecule has 0 aromatic carbocycles. The molecule has 0 saturated heterocycles. The molecule has 1 saturated carbocycles. The summed E-state index contributed by atoms with van der Waals surface area (Å²) in [5.41, 5.74) is 3.67. The van der Waals surface area contributed by atoms with Crippen LogP contribution < -0.4 is 16.6 Å². The lowest BCUT2D eigenvalue weighted by Crippen LogP contribution is -2.20. The van der Waals surface area contributed by atoms with Crippen molar-refractivity contribution in [3.8, 4) is 0 Å². The summed E-state index contributed by atoms with van der Waals surface area (Å²) in [5, 5.41) is 3.56. The van der Waals surface area contributed by atoms with Crippen molar-refractivity contribution in [2.24, 2.45) is 11.8 Å². The molecule has 19 heavy (non-hydrogen) atoms. The van der Waals surface area contributed by atoms with Gasteiger partial charge in [-0.05, 0) is 32.1 Å². The molecule has 0 bridgehead atoms. The fraction of sp³-hybridized carbons (Fsp3) is 0.714. The number of aromatic nitrogens is 2. The Morgan fingerprint density at radius 3 is 2.42 bits per heavy atom. The van der Waals surface area contributed by atoms with Crippen LogP contribution in [0.4, 0.5) is 11.6 Å². The molecule has 1 aliphatic rings. The normalized spacial score (nSPS) is 22.8. The first-order chi connectivity index (χ1) is 9.01. The van der Waals surface area contributed by atoms with Crippen LogP contribution in [0.3, 0.4) is 0 Å². The lowest BCUT2D eigenvalue weighted by atomic mass is 10.1. The number of nitrogen functional groups attached to an aromatic ring is 1. The van der Waals surface area contributed by atoms with Gasteiger partial charge in [0.05, 0.1) is 0 Å². The Kier molecular flexibility index (Phi) is 4.24. The van der Waals surface area contributed by atoms with Gasteiger partial charge in [-0.1, -0.05) is 20.8 Å². The van der Waals surface area contributed by atoms with Crippen LogP contribution in [0.1, 0.15) is 57.3 Å². The molecule has 0 amide bonds. The molecule has 5 nitrogen and oxygen atoms in total. The van der Waals surface area contributed by atoms with E-state index in [1.54, 1.807) is 0 Å². The summed E-state index contributed by atoms with van der Waals surface area (Å²) < 4.78 is 0. The SMILES string of the molecule is Cc1c(NN)nc(C(C)C)nc1NC1CCC(C)C1. The molecular weight excluding hydrogens is 238 g/mol. The fourth-order valence-electron chi connectivity index (χ4n) is 2.60. The van der Waals surface area contributed by atoms with Crippen molar-refractivity contribution in [1.29, 1.82) is 0 Å². The van der Waals surface area contributed by atoms with E-state index in [4.69, 9.17) is 5.84 Å². The molecule has 1 heterocycles. The van der Waals surface area contributed by atoms with Gasteiger partial charge in [-0.2, -0.15) is 0 Å². The highest BCUT2D eigenvalue weighted by Gasteiger charge is 2.23. The summed E-state index contributed by atoms with van der Waals surface area (Å²) in [6.07, 6.45) is 3.72. The van der Waals surface area contributed by atoms with E-state index < -0.39 is 0 Å². The zero-order valence-corrected chi connectivity index (χ0v) is 12.3. The highest BCUT2D eigenvalue weighted by molar-refractivity contribution is 5.57. The Balaban J connectivity index is 2.25. The van der Waals surface area contributed by atoms with Crippen LogP contribution in [0, 0.1) is 12.8 Å². The zero-order valence-electron chi connectivity index (χ0n) is 12.3. The number of rotatable bonds is 4. The minimum atomic E-state index is 0.288. The van der Waals surface area contributed by atoms with Gasteiger partial charge in [0.1, 0.15) is 17.5 Å². The number of hydrogen-bond acceptors (Lipinski definition) is 5. The highest BCUT2D eigenvalue weighted by atomic mass is 15.3. The second kappa shape index (κ2) is 5.74. The van der Waals surface area contributed by atoms with Crippen LogP contribution in [-0.4, -0.2) is 16.0 Å². The molecule has 5 heteroatoms. The Labute approximate surface area is 115 Å². The van der Waals surface area contributed by atoms with E-state index in [9.17, 15) is 0 Å². The van der Waals surface area contributed by atoms with Gasteiger partial charge >= 0.3 is 0 Å². The number of hydrogen-bond donors (Lipinski definition) is 3. The van der Waals surface area contributed by atoms with Gasteiger partial charge in [-0.15, -0.1) is 0 Å². The monoisotopic (exact) mass is 263 g/mol. The Hall–Kier alpha value is -1.36. The number of nitrogens with zero attached hydrogens (tertiary/aromatic N) is 2. The molecule has 2 unspecified atom stereocenters. The van der Waals surface area contributed by atoms with Gasteiger partial charge in [0.15, 0.2) is 0 Å². The number of hydrazine groups is 1. The fourth-order valence-corrected chi connectivity index (χ4v) is 2.60. The predicted molar refractivity (Wildman–Crippen MR) is 79.1 cm³/mol. The molecule has 4 N–H and O–H groups in total. The quantitative estimate of drug-likeness (QED) is 0.575. The van der Waals surface area contributed by atoms with E-state index in [2.05, 4.69) is 41.5 Å². The summed E-state index contributed by atoms with van der Waals surface area (Å²) in [7, 11) is 0. The van der Waals surface area contributed by atoms with Crippen LogP contribution in [0.2, 0.25) is 0 Å². The van der Waals surface area contributed by atoms with Crippen LogP contribution in [-0.2, 0) is 0 Å². The Morgan fingerprint density at radius 1 is 1.21 bits per heavy atom. The maximum Gasteiger partial charge on any atom is 0.148 e. The number of nitrogens with two attached hydrogens (primary N) is 1. The standard InChI is InChI=1S/C14H25N5/c1-8(2)12-17-13(10(4)14(18-12)19-15)16-11-6-5-9(3)7-11/h8-9,11H,5-7,15H2,1-4H3,(H2,16,17,18,19). The maximum absolute atomic E-state index is 5.55. The molecule has 2 rings (SSSR count). The molecule has 1 fully saturated rings. The smallest absolute Gasteiger partial charge is 0.148 e. The average Bonchev–Trinajstić information content (AvgIpc) is 2.77. The molecule has 1 aromatic heterocycles. The van der Waals surface area contributed by atoms with Gasteiger partial charge in [0, 0.05) is 17.5 Å². The third kappa shape index (κ3) is 3.15. The van der Waals surface area contributed by atoms with Crippen molar-refractivity contribution in [3.63, 3.8) is 0 Å². The van der Waals surface area contributed by atoms with Crippen LogP contribution in [0.25, 0.3) is 0 Å². The minimum Gasteiger partial charge on any atom is -0.367 e. The topological polar surface area (TPSA) is 75.9 Å². The molecular formula is C14H25N5. The first-order valence-corrected chi connectivity index (χ1v) is 7.13.